The molecule has 0 atom stereocenters. The van der Waals surface area contributed by atoms with Gasteiger partial charge in [0, 0.05) is 0 Å². The van der Waals surface area contributed by atoms with Crippen molar-refractivity contribution in [3.8, 4) is 11.1 Å². The third-order valence-electron chi connectivity index (χ3n) is 3.58. The fraction of sp³-hybridized carbons (Fsp3) is 0.200. The van der Waals surface area contributed by atoms with Crippen LogP contribution in [-0.4, -0.2) is 50.4 Å². The molecule has 2 aromatic carbocycles. The second kappa shape index (κ2) is 11.0. The summed E-state index contributed by atoms with van der Waals surface area (Å²) in [4.78, 5) is 50.2. The molecule has 0 heterocycles. The number of hydrogen-bond acceptors (Lipinski definition) is 8. The molecule has 0 aromatic heterocycles. The number of carbonyl (C=O) groups excluding carboxylic acids is 4. The number of rotatable bonds is 9. The predicted molar refractivity (Wildman–Crippen MR) is 98.4 cm³/mol. The van der Waals surface area contributed by atoms with E-state index in [1.807, 2.05) is 0 Å². The van der Waals surface area contributed by atoms with E-state index in [0.29, 0.717) is 11.1 Å². The molecule has 0 spiro atoms. The van der Waals surface area contributed by atoms with Crippen LogP contribution in [0.2, 0.25) is 0 Å². The number of hydrogen-bond donors (Lipinski definition) is 0. The van der Waals surface area contributed by atoms with Crippen LogP contribution in [0.3, 0.4) is 0 Å². The summed E-state index contributed by atoms with van der Waals surface area (Å²) in [6.45, 7) is 0.169. The maximum atomic E-state index is 11.9. The van der Waals surface area contributed by atoms with E-state index in [1.165, 1.54) is 12.2 Å². The third kappa shape index (κ3) is 6.14. The van der Waals surface area contributed by atoms with Crippen molar-refractivity contribution in [1.82, 2.24) is 0 Å². The average Bonchev–Trinajstić information content (AvgIpc) is 2.74. The van der Waals surface area contributed by atoms with Gasteiger partial charge in [-0.1, -0.05) is 24.3 Å². The molecule has 0 saturated carbocycles. The molecular formula is C20H16N2O6. The zero-order valence-corrected chi connectivity index (χ0v) is 14.8. The quantitative estimate of drug-likeness (QED) is 0.286. The van der Waals surface area contributed by atoms with Crippen molar-refractivity contribution in [2.75, 3.05) is 26.3 Å². The molecule has 0 saturated heterocycles. The number of isocyanates is 2. The minimum absolute atomic E-state index is 0.00881. The summed E-state index contributed by atoms with van der Waals surface area (Å²) in [6.07, 6.45) is 2.74. The van der Waals surface area contributed by atoms with E-state index < -0.39 is 11.9 Å². The van der Waals surface area contributed by atoms with Crippen LogP contribution < -0.4 is 0 Å². The van der Waals surface area contributed by atoms with Gasteiger partial charge in [0.1, 0.15) is 13.2 Å². The molecule has 28 heavy (non-hydrogen) atoms. The molecule has 8 heteroatoms. The van der Waals surface area contributed by atoms with Crippen LogP contribution in [0.15, 0.2) is 58.5 Å². The molecule has 0 bridgehead atoms. The van der Waals surface area contributed by atoms with Crippen LogP contribution in [0.1, 0.15) is 20.7 Å². The van der Waals surface area contributed by atoms with Crippen molar-refractivity contribution < 1.29 is 28.7 Å². The van der Waals surface area contributed by atoms with Gasteiger partial charge >= 0.3 is 11.9 Å². The minimum atomic E-state index is -0.510. The van der Waals surface area contributed by atoms with E-state index >= 15 is 0 Å². The van der Waals surface area contributed by atoms with Crippen LogP contribution >= 0.6 is 0 Å². The number of benzene rings is 2. The fourth-order valence-corrected chi connectivity index (χ4v) is 2.22. The number of carbonyl (C=O) groups is 2. The van der Waals surface area contributed by atoms with Crippen molar-refractivity contribution in [1.29, 1.82) is 0 Å². The van der Waals surface area contributed by atoms with Gasteiger partial charge in [0.25, 0.3) is 0 Å². The Labute approximate surface area is 160 Å². The zero-order chi connectivity index (χ0) is 20.2. The Morgan fingerprint density at radius 2 is 1.04 bits per heavy atom. The largest absolute Gasteiger partial charge is 0.460 e. The predicted octanol–water partition coefficient (Wildman–Crippen LogP) is 2.34. The summed E-state index contributed by atoms with van der Waals surface area (Å²) >= 11 is 0. The van der Waals surface area contributed by atoms with Crippen LogP contribution in [0.5, 0.6) is 0 Å². The SMILES string of the molecule is O=C=NCCOC(=O)c1ccc(-c2ccc(C(=O)OCCN=C=O)cc2)cc1. The summed E-state index contributed by atoms with van der Waals surface area (Å²) in [6, 6.07) is 13.5. The van der Waals surface area contributed by atoms with Gasteiger partial charge in [0.05, 0.1) is 24.2 Å². The monoisotopic (exact) mass is 380 g/mol. The Morgan fingerprint density at radius 1 is 0.679 bits per heavy atom. The Bertz CT molecular complexity index is 831. The van der Waals surface area contributed by atoms with Gasteiger partial charge in [-0.25, -0.2) is 29.2 Å². The molecule has 0 amide bonds. The van der Waals surface area contributed by atoms with Gasteiger partial charge < -0.3 is 9.47 Å². The van der Waals surface area contributed by atoms with E-state index in [2.05, 4.69) is 9.98 Å². The second-order valence-electron chi connectivity index (χ2n) is 5.37. The van der Waals surface area contributed by atoms with Gasteiger partial charge in [0.15, 0.2) is 0 Å². The second-order valence-corrected chi connectivity index (χ2v) is 5.37. The highest BCUT2D eigenvalue weighted by Crippen LogP contribution is 2.21. The summed E-state index contributed by atoms with van der Waals surface area (Å²) < 4.78 is 9.95. The first-order valence-corrected chi connectivity index (χ1v) is 8.27. The maximum Gasteiger partial charge on any atom is 0.338 e. The average molecular weight is 380 g/mol. The molecule has 0 unspecified atom stereocenters. The molecule has 0 fully saturated rings. The fourth-order valence-electron chi connectivity index (χ4n) is 2.22. The van der Waals surface area contributed by atoms with E-state index in [0.717, 1.165) is 11.1 Å². The highest BCUT2D eigenvalue weighted by Gasteiger charge is 2.09. The molecule has 142 valence electrons. The van der Waals surface area contributed by atoms with E-state index in [4.69, 9.17) is 9.47 Å². The van der Waals surface area contributed by atoms with Crippen LogP contribution in [0, 0.1) is 0 Å². The lowest BCUT2D eigenvalue weighted by Gasteiger charge is -2.06. The molecule has 2 aromatic rings. The smallest absolute Gasteiger partial charge is 0.338 e. The molecule has 0 aliphatic rings. The Hall–Kier alpha value is -3.86. The van der Waals surface area contributed by atoms with Crippen molar-refractivity contribution in [2.24, 2.45) is 9.98 Å². The lowest BCUT2D eigenvalue weighted by molar-refractivity contribution is 0.0508. The minimum Gasteiger partial charge on any atom is -0.460 e. The molecular weight excluding hydrogens is 364 g/mol. The van der Waals surface area contributed by atoms with Crippen molar-refractivity contribution in [2.45, 2.75) is 0 Å². The van der Waals surface area contributed by atoms with Crippen molar-refractivity contribution in [3.05, 3.63) is 59.7 Å². The van der Waals surface area contributed by atoms with Gasteiger partial charge in [0.2, 0.25) is 12.2 Å². The van der Waals surface area contributed by atoms with Gasteiger partial charge in [-0.05, 0) is 35.4 Å². The highest BCUT2D eigenvalue weighted by atomic mass is 16.5. The van der Waals surface area contributed by atoms with E-state index in [9.17, 15) is 19.2 Å². The first-order chi connectivity index (χ1) is 13.7. The maximum absolute atomic E-state index is 11.9. The summed E-state index contributed by atoms with van der Waals surface area (Å²) in [5, 5.41) is 0. The third-order valence-corrected chi connectivity index (χ3v) is 3.58. The number of ether oxygens (including phenoxy) is 2. The highest BCUT2D eigenvalue weighted by molar-refractivity contribution is 5.91. The van der Waals surface area contributed by atoms with Crippen LogP contribution in [-0.2, 0) is 19.1 Å². The van der Waals surface area contributed by atoms with Crippen molar-refractivity contribution >= 4 is 24.1 Å². The van der Waals surface area contributed by atoms with Crippen molar-refractivity contribution in [3.63, 3.8) is 0 Å². The summed E-state index contributed by atoms with van der Waals surface area (Å²) in [5.41, 5.74) is 2.44. The van der Waals surface area contributed by atoms with Gasteiger partial charge in [-0.2, -0.15) is 0 Å². The zero-order valence-electron chi connectivity index (χ0n) is 14.8. The molecule has 0 aliphatic heterocycles. The van der Waals surface area contributed by atoms with E-state index in [-0.39, 0.29) is 26.3 Å². The van der Waals surface area contributed by atoms with Gasteiger partial charge in [-0.15, -0.1) is 0 Å². The van der Waals surface area contributed by atoms with Crippen LogP contribution in [0.4, 0.5) is 0 Å². The molecule has 8 nitrogen and oxygen atoms in total. The number of aliphatic imine (C=N–C) groups is 2. The first-order valence-electron chi connectivity index (χ1n) is 8.27. The summed E-state index contributed by atoms with van der Waals surface area (Å²) in [5.74, 6) is -1.02. The molecule has 0 aliphatic carbocycles. The Morgan fingerprint density at radius 3 is 1.36 bits per heavy atom. The first kappa shape index (κ1) is 20.5. The molecule has 0 radical (unpaired) electrons. The van der Waals surface area contributed by atoms with E-state index in [1.54, 1.807) is 48.5 Å². The lowest BCUT2D eigenvalue weighted by atomic mass is 10.0. The topological polar surface area (TPSA) is 111 Å². The Kier molecular flexibility index (Phi) is 8.02. The molecule has 0 N–H and O–H groups in total. The number of nitrogens with zero attached hydrogens (tertiary/aromatic N) is 2. The number of esters is 2. The normalized spacial score (nSPS) is 9.57. The van der Waals surface area contributed by atoms with Gasteiger partial charge in [-0.3, -0.25) is 0 Å². The standard InChI is InChI=1S/C20H16N2O6/c23-13-21-9-11-27-19(25)17-5-1-15(2-6-17)16-3-7-18(8-4-16)20(26)28-12-10-22-14-24/h1-8H,9-12H2. The lowest BCUT2D eigenvalue weighted by Crippen LogP contribution is -2.08. The summed E-state index contributed by atoms with van der Waals surface area (Å²) in [7, 11) is 0. The Balaban J connectivity index is 1.96. The van der Waals surface area contributed by atoms with Crippen LogP contribution in [0.25, 0.3) is 11.1 Å². The molecule has 2 rings (SSSR count).